The second-order valence-corrected chi connectivity index (χ2v) is 5.09. The normalized spacial score (nSPS) is 13.8. The fourth-order valence-corrected chi connectivity index (χ4v) is 2.21. The maximum Gasteiger partial charge on any atom is 0.391 e. The number of furan rings is 1. The molecule has 0 aliphatic rings. The molecule has 1 atom stereocenters. The summed E-state index contributed by atoms with van der Waals surface area (Å²) in [6, 6.07) is 5.72. The van der Waals surface area contributed by atoms with Gasteiger partial charge in [-0.15, -0.1) is 0 Å². The first kappa shape index (κ1) is 15.2. The van der Waals surface area contributed by atoms with Gasteiger partial charge in [0.1, 0.15) is 11.3 Å². The summed E-state index contributed by atoms with van der Waals surface area (Å²) in [5, 5.41) is 4.10. The van der Waals surface area contributed by atoms with Crippen LogP contribution in [0.4, 0.5) is 13.2 Å². The molecule has 1 aromatic carbocycles. The van der Waals surface area contributed by atoms with Gasteiger partial charge in [0.15, 0.2) is 0 Å². The summed E-state index contributed by atoms with van der Waals surface area (Å²) >= 11 is 5.86. The monoisotopic (exact) mass is 305 g/mol. The quantitative estimate of drug-likeness (QED) is 0.833. The van der Waals surface area contributed by atoms with E-state index in [2.05, 4.69) is 5.32 Å². The van der Waals surface area contributed by atoms with Crippen molar-refractivity contribution in [2.45, 2.75) is 32.0 Å². The molecule has 0 aliphatic heterocycles. The molecule has 2 nitrogen and oxygen atoms in total. The fraction of sp³-hybridized carbons (Fsp3) is 0.429. The molecule has 1 unspecified atom stereocenters. The van der Waals surface area contributed by atoms with E-state index in [0.29, 0.717) is 22.5 Å². The van der Waals surface area contributed by atoms with Crippen LogP contribution in [0.3, 0.4) is 0 Å². The van der Waals surface area contributed by atoms with Gasteiger partial charge in [-0.05, 0) is 37.2 Å². The molecule has 0 saturated carbocycles. The minimum Gasteiger partial charge on any atom is -0.459 e. The SMILES string of the molecule is CCCNC(CC(F)(F)F)c1cc2cc(Cl)ccc2o1. The average Bonchev–Trinajstić information content (AvgIpc) is 2.75. The summed E-state index contributed by atoms with van der Waals surface area (Å²) in [5.41, 5.74) is 0.537. The van der Waals surface area contributed by atoms with E-state index < -0.39 is 18.6 Å². The average molecular weight is 306 g/mol. The minimum atomic E-state index is -4.25. The van der Waals surface area contributed by atoms with E-state index in [4.69, 9.17) is 16.0 Å². The van der Waals surface area contributed by atoms with Gasteiger partial charge >= 0.3 is 6.18 Å². The van der Waals surface area contributed by atoms with Crippen molar-refractivity contribution in [3.63, 3.8) is 0 Å². The Labute approximate surface area is 119 Å². The number of hydrogen-bond acceptors (Lipinski definition) is 2. The van der Waals surface area contributed by atoms with Crippen molar-refractivity contribution in [1.82, 2.24) is 5.32 Å². The van der Waals surface area contributed by atoms with Crippen LogP contribution >= 0.6 is 11.6 Å². The van der Waals surface area contributed by atoms with E-state index in [0.717, 1.165) is 6.42 Å². The Morgan fingerprint density at radius 2 is 2.05 bits per heavy atom. The molecule has 20 heavy (non-hydrogen) atoms. The van der Waals surface area contributed by atoms with E-state index in [1.807, 2.05) is 6.92 Å². The maximum atomic E-state index is 12.6. The van der Waals surface area contributed by atoms with Crippen LogP contribution in [0.15, 0.2) is 28.7 Å². The zero-order valence-corrected chi connectivity index (χ0v) is 11.7. The van der Waals surface area contributed by atoms with Crippen molar-refractivity contribution in [3.05, 3.63) is 35.0 Å². The highest BCUT2D eigenvalue weighted by Gasteiger charge is 2.33. The second-order valence-electron chi connectivity index (χ2n) is 4.66. The number of hydrogen-bond donors (Lipinski definition) is 1. The van der Waals surface area contributed by atoms with Crippen LogP contribution in [0.5, 0.6) is 0 Å². The number of rotatable bonds is 5. The van der Waals surface area contributed by atoms with Crippen LogP contribution in [0.2, 0.25) is 5.02 Å². The maximum absolute atomic E-state index is 12.6. The Kier molecular flexibility index (Phi) is 4.60. The Bertz CT molecular complexity index is 579. The molecule has 0 bridgehead atoms. The topological polar surface area (TPSA) is 25.2 Å². The van der Waals surface area contributed by atoms with Gasteiger partial charge in [-0.3, -0.25) is 0 Å². The van der Waals surface area contributed by atoms with Gasteiger partial charge in [-0.2, -0.15) is 13.2 Å². The lowest BCUT2D eigenvalue weighted by Gasteiger charge is -2.17. The molecule has 2 rings (SSSR count). The van der Waals surface area contributed by atoms with Crippen LogP contribution in [-0.2, 0) is 0 Å². The molecule has 2 aromatic rings. The van der Waals surface area contributed by atoms with Crippen LogP contribution in [0, 0.1) is 0 Å². The molecular weight excluding hydrogens is 291 g/mol. The summed E-state index contributed by atoms with van der Waals surface area (Å²) in [6.07, 6.45) is -4.46. The number of alkyl halides is 3. The number of benzene rings is 1. The third kappa shape index (κ3) is 3.90. The van der Waals surface area contributed by atoms with E-state index in [1.54, 1.807) is 24.3 Å². The lowest BCUT2D eigenvalue weighted by molar-refractivity contribution is -0.141. The second kappa shape index (κ2) is 6.06. The van der Waals surface area contributed by atoms with Gasteiger partial charge in [0, 0.05) is 10.4 Å². The first-order valence-corrected chi connectivity index (χ1v) is 6.76. The lowest BCUT2D eigenvalue weighted by Crippen LogP contribution is -2.27. The minimum absolute atomic E-state index is 0.285. The zero-order valence-electron chi connectivity index (χ0n) is 10.9. The summed E-state index contributed by atoms with van der Waals surface area (Å²) in [6.45, 7) is 2.40. The van der Waals surface area contributed by atoms with Crippen molar-refractivity contribution < 1.29 is 17.6 Å². The predicted molar refractivity (Wildman–Crippen MR) is 72.9 cm³/mol. The van der Waals surface area contributed by atoms with Crippen LogP contribution in [0.1, 0.15) is 31.6 Å². The van der Waals surface area contributed by atoms with E-state index in [1.165, 1.54) is 0 Å². The highest BCUT2D eigenvalue weighted by molar-refractivity contribution is 6.31. The predicted octanol–water partition coefficient (Wildman–Crippen LogP) is 5.08. The molecule has 1 N–H and O–H groups in total. The summed E-state index contributed by atoms with van der Waals surface area (Å²) in [7, 11) is 0. The molecule has 0 radical (unpaired) electrons. The van der Waals surface area contributed by atoms with Crippen molar-refractivity contribution in [3.8, 4) is 0 Å². The highest BCUT2D eigenvalue weighted by Crippen LogP contribution is 2.33. The summed E-state index contributed by atoms with van der Waals surface area (Å²) in [4.78, 5) is 0. The Morgan fingerprint density at radius 1 is 1.30 bits per heavy atom. The van der Waals surface area contributed by atoms with Crippen LogP contribution in [0.25, 0.3) is 11.0 Å². The lowest BCUT2D eigenvalue weighted by atomic mass is 10.1. The number of fused-ring (bicyclic) bond motifs is 1. The molecule has 0 spiro atoms. The third-order valence-electron chi connectivity index (χ3n) is 2.92. The van der Waals surface area contributed by atoms with Gasteiger partial charge in [-0.1, -0.05) is 18.5 Å². The molecular formula is C14H15ClF3NO. The highest BCUT2D eigenvalue weighted by atomic mass is 35.5. The summed E-state index contributed by atoms with van der Waals surface area (Å²) < 4.78 is 43.4. The Morgan fingerprint density at radius 3 is 2.70 bits per heavy atom. The Balaban J connectivity index is 2.29. The smallest absolute Gasteiger partial charge is 0.391 e. The van der Waals surface area contributed by atoms with Crippen molar-refractivity contribution in [2.75, 3.05) is 6.54 Å². The first-order valence-electron chi connectivity index (χ1n) is 6.38. The molecule has 1 heterocycles. The molecule has 0 aliphatic carbocycles. The largest absolute Gasteiger partial charge is 0.459 e. The van der Waals surface area contributed by atoms with Gasteiger partial charge in [-0.25, -0.2) is 0 Å². The molecule has 6 heteroatoms. The van der Waals surface area contributed by atoms with Crippen molar-refractivity contribution >= 4 is 22.6 Å². The van der Waals surface area contributed by atoms with Crippen molar-refractivity contribution in [1.29, 1.82) is 0 Å². The van der Waals surface area contributed by atoms with E-state index in [9.17, 15) is 13.2 Å². The van der Waals surface area contributed by atoms with Crippen molar-refractivity contribution in [2.24, 2.45) is 0 Å². The Hall–Kier alpha value is -1.20. The fourth-order valence-electron chi connectivity index (χ4n) is 2.03. The molecule has 1 aromatic heterocycles. The number of nitrogens with one attached hydrogen (secondary N) is 1. The molecule has 0 fully saturated rings. The van der Waals surface area contributed by atoms with Gasteiger partial charge in [0.05, 0.1) is 12.5 Å². The van der Waals surface area contributed by atoms with Crippen LogP contribution < -0.4 is 5.32 Å². The zero-order chi connectivity index (χ0) is 14.8. The standard InChI is InChI=1S/C14H15ClF3NO/c1-2-5-19-11(8-14(16,17)18)13-7-9-6-10(15)3-4-12(9)20-13/h3-4,6-7,11,19H,2,5,8H2,1H3. The van der Waals surface area contributed by atoms with E-state index in [-0.39, 0.29) is 5.76 Å². The summed E-state index contributed by atoms with van der Waals surface area (Å²) in [5.74, 6) is 0.285. The van der Waals surface area contributed by atoms with Gasteiger partial charge in [0.25, 0.3) is 0 Å². The van der Waals surface area contributed by atoms with Crippen LogP contribution in [-0.4, -0.2) is 12.7 Å². The molecule has 110 valence electrons. The molecule has 0 amide bonds. The van der Waals surface area contributed by atoms with Gasteiger partial charge in [0.2, 0.25) is 0 Å². The van der Waals surface area contributed by atoms with Gasteiger partial charge < -0.3 is 9.73 Å². The van der Waals surface area contributed by atoms with E-state index >= 15 is 0 Å². The third-order valence-corrected chi connectivity index (χ3v) is 3.15. The number of halogens is 4. The first-order chi connectivity index (χ1) is 9.39. The molecule has 0 saturated heterocycles.